The molecule has 0 unspecified atom stereocenters. The van der Waals surface area contributed by atoms with E-state index in [0.717, 1.165) is 5.56 Å². The number of nitrogens with one attached hydrogen (secondary N) is 1. The van der Waals surface area contributed by atoms with Crippen molar-refractivity contribution in [3.63, 3.8) is 0 Å². The summed E-state index contributed by atoms with van der Waals surface area (Å²) in [6.07, 6.45) is 2.95. The van der Waals surface area contributed by atoms with Gasteiger partial charge in [-0.05, 0) is 29.8 Å². The fourth-order valence-electron chi connectivity index (χ4n) is 2.30. The molecule has 6 heteroatoms. The van der Waals surface area contributed by atoms with Crippen LogP contribution in [0.15, 0.2) is 67.0 Å². The van der Waals surface area contributed by atoms with Crippen LogP contribution in [-0.2, 0) is 6.54 Å². The van der Waals surface area contributed by atoms with Crippen LogP contribution >= 0.6 is 0 Å². The molecule has 1 heterocycles. The molecule has 1 N–H and O–H groups in total. The standard InChI is InChI=1S/C19H17FN4O/c1-24(13-14-5-3-2-4-6-14)19-21-11-15(12-22-19)18(25)23-17-9-7-16(20)8-10-17/h2-12H,13H2,1H3,(H,23,25). The Morgan fingerprint density at radius 2 is 1.68 bits per heavy atom. The maximum absolute atomic E-state index is 12.9. The lowest BCUT2D eigenvalue weighted by atomic mass is 10.2. The molecular formula is C19H17FN4O. The number of halogens is 1. The second-order valence-corrected chi connectivity index (χ2v) is 5.57. The second kappa shape index (κ2) is 7.53. The molecule has 5 nitrogen and oxygen atoms in total. The highest BCUT2D eigenvalue weighted by atomic mass is 19.1. The third kappa shape index (κ3) is 4.38. The maximum Gasteiger partial charge on any atom is 0.258 e. The number of anilines is 2. The van der Waals surface area contributed by atoms with Crippen LogP contribution in [0.3, 0.4) is 0 Å². The number of nitrogens with zero attached hydrogens (tertiary/aromatic N) is 3. The quantitative estimate of drug-likeness (QED) is 0.775. The van der Waals surface area contributed by atoms with Gasteiger partial charge in [0.25, 0.3) is 5.91 Å². The molecule has 0 spiro atoms. The van der Waals surface area contributed by atoms with E-state index in [0.29, 0.717) is 23.7 Å². The number of hydrogen-bond donors (Lipinski definition) is 1. The predicted octanol–water partition coefficient (Wildman–Crippen LogP) is 3.50. The third-order valence-corrected chi connectivity index (χ3v) is 3.61. The van der Waals surface area contributed by atoms with Crippen LogP contribution in [0.2, 0.25) is 0 Å². The summed E-state index contributed by atoms with van der Waals surface area (Å²) in [5, 5.41) is 2.67. The van der Waals surface area contributed by atoms with E-state index < -0.39 is 0 Å². The van der Waals surface area contributed by atoms with Crippen LogP contribution in [0, 0.1) is 5.82 Å². The lowest BCUT2D eigenvalue weighted by Crippen LogP contribution is -2.20. The van der Waals surface area contributed by atoms with Crippen molar-refractivity contribution in [2.45, 2.75) is 6.54 Å². The molecule has 0 aliphatic carbocycles. The van der Waals surface area contributed by atoms with Gasteiger partial charge in [-0.2, -0.15) is 0 Å². The predicted molar refractivity (Wildman–Crippen MR) is 94.9 cm³/mol. The van der Waals surface area contributed by atoms with Crippen molar-refractivity contribution in [3.05, 3.63) is 83.9 Å². The lowest BCUT2D eigenvalue weighted by Gasteiger charge is -2.17. The van der Waals surface area contributed by atoms with Crippen molar-refractivity contribution >= 4 is 17.5 Å². The van der Waals surface area contributed by atoms with Gasteiger partial charge in [0.05, 0.1) is 5.56 Å². The summed E-state index contributed by atoms with van der Waals surface area (Å²) in [6, 6.07) is 15.5. The van der Waals surface area contributed by atoms with Gasteiger partial charge in [0.15, 0.2) is 0 Å². The fourth-order valence-corrected chi connectivity index (χ4v) is 2.30. The highest BCUT2D eigenvalue weighted by Gasteiger charge is 2.10. The number of benzene rings is 2. The molecule has 0 saturated carbocycles. The zero-order valence-electron chi connectivity index (χ0n) is 13.7. The molecule has 126 valence electrons. The molecule has 3 aromatic rings. The summed E-state index contributed by atoms with van der Waals surface area (Å²) >= 11 is 0. The Bertz CT molecular complexity index is 836. The number of carbonyl (C=O) groups excluding carboxylic acids is 1. The van der Waals surface area contributed by atoms with Gasteiger partial charge in [0, 0.05) is 31.7 Å². The van der Waals surface area contributed by atoms with E-state index in [-0.39, 0.29) is 11.7 Å². The molecule has 0 bridgehead atoms. The molecule has 0 aliphatic rings. The Morgan fingerprint density at radius 1 is 1.04 bits per heavy atom. The number of rotatable bonds is 5. The summed E-state index contributed by atoms with van der Waals surface area (Å²) in [5.74, 6) is -0.168. The van der Waals surface area contributed by atoms with Gasteiger partial charge in [0.1, 0.15) is 5.82 Å². The average molecular weight is 336 g/mol. The van der Waals surface area contributed by atoms with E-state index in [9.17, 15) is 9.18 Å². The summed E-state index contributed by atoms with van der Waals surface area (Å²) in [5.41, 5.74) is 1.99. The van der Waals surface area contributed by atoms with E-state index >= 15 is 0 Å². The SMILES string of the molecule is CN(Cc1ccccc1)c1ncc(C(=O)Nc2ccc(F)cc2)cn1. The highest BCUT2D eigenvalue weighted by molar-refractivity contribution is 6.03. The molecule has 0 atom stereocenters. The van der Waals surface area contributed by atoms with Crippen LogP contribution in [0.25, 0.3) is 0 Å². The Hall–Kier alpha value is -3.28. The molecule has 0 fully saturated rings. The summed E-state index contributed by atoms with van der Waals surface area (Å²) < 4.78 is 12.9. The van der Waals surface area contributed by atoms with Crippen LogP contribution in [-0.4, -0.2) is 22.9 Å². The van der Waals surface area contributed by atoms with Gasteiger partial charge in [-0.3, -0.25) is 4.79 Å². The highest BCUT2D eigenvalue weighted by Crippen LogP contribution is 2.12. The van der Waals surface area contributed by atoms with E-state index in [1.165, 1.54) is 36.7 Å². The van der Waals surface area contributed by atoms with Gasteiger partial charge < -0.3 is 10.2 Å². The number of amides is 1. The molecule has 1 amide bonds. The van der Waals surface area contributed by atoms with Crippen molar-refractivity contribution in [3.8, 4) is 0 Å². The first-order valence-electron chi connectivity index (χ1n) is 7.76. The Labute approximate surface area is 145 Å². The lowest BCUT2D eigenvalue weighted by molar-refractivity contribution is 0.102. The summed E-state index contributed by atoms with van der Waals surface area (Å²) in [7, 11) is 1.89. The van der Waals surface area contributed by atoms with Gasteiger partial charge in [-0.15, -0.1) is 0 Å². The van der Waals surface area contributed by atoms with Crippen molar-refractivity contribution in [1.82, 2.24) is 9.97 Å². The topological polar surface area (TPSA) is 58.1 Å². The normalized spacial score (nSPS) is 10.3. The minimum atomic E-state index is -0.355. The van der Waals surface area contributed by atoms with Crippen molar-refractivity contribution in [1.29, 1.82) is 0 Å². The first-order chi connectivity index (χ1) is 12.1. The third-order valence-electron chi connectivity index (χ3n) is 3.61. The molecule has 0 saturated heterocycles. The van der Waals surface area contributed by atoms with Crippen LogP contribution in [0.4, 0.5) is 16.0 Å². The molecule has 0 radical (unpaired) electrons. The number of carbonyl (C=O) groups is 1. The molecule has 2 aromatic carbocycles. The molecule has 1 aromatic heterocycles. The van der Waals surface area contributed by atoms with Gasteiger partial charge in [-0.25, -0.2) is 14.4 Å². The molecular weight excluding hydrogens is 319 g/mol. The Kier molecular flexibility index (Phi) is 4.99. The van der Waals surface area contributed by atoms with Crippen LogP contribution < -0.4 is 10.2 Å². The Balaban J connectivity index is 1.65. The zero-order chi connectivity index (χ0) is 17.6. The van der Waals surface area contributed by atoms with E-state index in [1.54, 1.807) is 0 Å². The first-order valence-corrected chi connectivity index (χ1v) is 7.76. The van der Waals surface area contributed by atoms with Crippen molar-refractivity contribution in [2.24, 2.45) is 0 Å². The van der Waals surface area contributed by atoms with Gasteiger partial charge >= 0.3 is 0 Å². The van der Waals surface area contributed by atoms with E-state index in [4.69, 9.17) is 0 Å². The van der Waals surface area contributed by atoms with Crippen molar-refractivity contribution < 1.29 is 9.18 Å². The van der Waals surface area contributed by atoms with Crippen molar-refractivity contribution in [2.75, 3.05) is 17.3 Å². The molecule has 3 rings (SSSR count). The number of hydrogen-bond acceptors (Lipinski definition) is 4. The smallest absolute Gasteiger partial charge is 0.258 e. The van der Waals surface area contributed by atoms with Gasteiger partial charge in [0.2, 0.25) is 5.95 Å². The van der Waals surface area contributed by atoms with E-state index in [2.05, 4.69) is 15.3 Å². The van der Waals surface area contributed by atoms with Gasteiger partial charge in [-0.1, -0.05) is 30.3 Å². The van der Waals surface area contributed by atoms with E-state index in [1.807, 2.05) is 42.3 Å². The molecule has 25 heavy (non-hydrogen) atoms. The number of aromatic nitrogens is 2. The van der Waals surface area contributed by atoms with Crippen LogP contribution in [0.5, 0.6) is 0 Å². The zero-order valence-corrected chi connectivity index (χ0v) is 13.7. The average Bonchev–Trinajstić information content (AvgIpc) is 2.64. The second-order valence-electron chi connectivity index (χ2n) is 5.57. The van der Waals surface area contributed by atoms with Crippen LogP contribution in [0.1, 0.15) is 15.9 Å². The largest absolute Gasteiger partial charge is 0.340 e. The molecule has 0 aliphatic heterocycles. The summed E-state index contributed by atoms with van der Waals surface area (Å²) in [4.78, 5) is 22.6. The minimum absolute atomic E-state index is 0.334. The fraction of sp³-hybridized carbons (Fsp3) is 0.105. The minimum Gasteiger partial charge on any atom is -0.340 e. The Morgan fingerprint density at radius 3 is 2.32 bits per heavy atom. The first kappa shape index (κ1) is 16.6. The monoisotopic (exact) mass is 336 g/mol. The maximum atomic E-state index is 12.9. The summed E-state index contributed by atoms with van der Waals surface area (Å²) in [6.45, 7) is 0.669.